The topological polar surface area (TPSA) is 0 Å². The minimum absolute atomic E-state index is 0.785. The Kier molecular flexibility index (Phi) is 6.35. The van der Waals surface area contributed by atoms with Crippen LogP contribution in [0.3, 0.4) is 0 Å². The van der Waals surface area contributed by atoms with Gasteiger partial charge in [-0.05, 0) is 12.1 Å². The summed E-state index contributed by atoms with van der Waals surface area (Å²) in [6, 6.07) is 1.57. The van der Waals surface area contributed by atoms with E-state index in [1.165, 1.54) is 0 Å². The van der Waals surface area contributed by atoms with Crippen molar-refractivity contribution in [1.82, 2.24) is 0 Å². The lowest BCUT2D eigenvalue weighted by atomic mass is 10.4. The third-order valence-corrected chi connectivity index (χ3v) is 5.36. The Hall–Kier alpha value is -0.113. The molecule has 0 radical (unpaired) electrons. The molecule has 0 aliphatic carbocycles. The Labute approximate surface area is 77.1 Å². The second-order valence-corrected chi connectivity index (χ2v) is 6.92. The van der Waals surface area contributed by atoms with Gasteiger partial charge in [0.05, 0.1) is 0 Å². The van der Waals surface area contributed by atoms with Crippen LogP contribution in [0.1, 0.15) is 39.5 Å². The molecule has 0 aliphatic heterocycles. The highest BCUT2D eigenvalue weighted by Crippen LogP contribution is 2.23. The highest BCUT2D eigenvalue weighted by atomic mass is 28.4. The summed E-state index contributed by atoms with van der Waals surface area (Å²) in [4.78, 5) is 0. The predicted molar refractivity (Wildman–Crippen MR) is 56.5 cm³/mol. The molecule has 0 nitrogen and oxygen atoms in total. The normalized spacial score (nSPS) is 11.6. The van der Waals surface area contributed by atoms with Crippen molar-refractivity contribution in [3.8, 4) is 0 Å². The molecule has 0 aromatic rings. The fourth-order valence-electron chi connectivity index (χ4n) is 1.27. The van der Waals surface area contributed by atoms with Crippen LogP contribution in [0.5, 0.6) is 0 Å². The standard InChI is InChI=1S/C10H21FSi/c1-4-7-9-12(11,6-3)10-8-5-2/h6H,3-5,7-10H2,1-2H3. The Morgan fingerprint density at radius 2 is 1.58 bits per heavy atom. The fraction of sp³-hybridized carbons (Fsp3) is 0.800. The van der Waals surface area contributed by atoms with Crippen molar-refractivity contribution < 1.29 is 4.11 Å². The summed E-state index contributed by atoms with van der Waals surface area (Å²) in [6.07, 6.45) is 4.24. The van der Waals surface area contributed by atoms with Gasteiger partial charge in [-0.3, -0.25) is 0 Å². The molecule has 0 N–H and O–H groups in total. The Bertz CT molecular complexity index is 115. The van der Waals surface area contributed by atoms with Gasteiger partial charge >= 0.3 is 0 Å². The van der Waals surface area contributed by atoms with Crippen molar-refractivity contribution in [2.24, 2.45) is 0 Å². The Morgan fingerprint density at radius 1 is 1.17 bits per heavy atom. The number of halogens is 1. The zero-order chi connectivity index (χ0) is 9.45. The molecule has 0 fully saturated rings. The van der Waals surface area contributed by atoms with Gasteiger partial charge in [-0.2, -0.15) is 0 Å². The summed E-state index contributed by atoms with van der Waals surface area (Å²) >= 11 is 0. The van der Waals surface area contributed by atoms with E-state index in [9.17, 15) is 4.11 Å². The Balaban J connectivity index is 3.78. The minimum atomic E-state index is -2.50. The molecular weight excluding hydrogens is 167 g/mol. The largest absolute Gasteiger partial charge is 0.308 e. The predicted octanol–water partition coefficient (Wildman–Crippen LogP) is 4.23. The van der Waals surface area contributed by atoms with Crippen molar-refractivity contribution in [3.63, 3.8) is 0 Å². The third-order valence-electron chi connectivity index (χ3n) is 2.26. The van der Waals surface area contributed by atoms with Crippen LogP contribution in [0.4, 0.5) is 4.11 Å². The maximum atomic E-state index is 13.9. The molecule has 0 atom stereocenters. The van der Waals surface area contributed by atoms with E-state index in [-0.39, 0.29) is 0 Å². The van der Waals surface area contributed by atoms with E-state index in [1.54, 1.807) is 5.70 Å². The van der Waals surface area contributed by atoms with Crippen LogP contribution >= 0.6 is 0 Å². The first-order valence-corrected chi connectivity index (χ1v) is 7.38. The molecule has 0 rings (SSSR count). The fourth-order valence-corrected chi connectivity index (χ4v) is 3.81. The van der Waals surface area contributed by atoms with Crippen LogP contribution in [0.2, 0.25) is 12.1 Å². The molecule has 2 heteroatoms. The lowest BCUT2D eigenvalue weighted by Gasteiger charge is -2.16. The number of hydrogen-bond donors (Lipinski definition) is 0. The molecule has 0 unspecified atom stereocenters. The van der Waals surface area contributed by atoms with E-state index in [2.05, 4.69) is 20.4 Å². The van der Waals surface area contributed by atoms with E-state index in [0.29, 0.717) is 0 Å². The zero-order valence-corrected chi connectivity index (χ0v) is 9.41. The second-order valence-electron chi connectivity index (χ2n) is 3.45. The highest BCUT2D eigenvalue weighted by Gasteiger charge is 2.28. The molecule has 0 heterocycles. The Morgan fingerprint density at radius 3 is 1.83 bits per heavy atom. The number of rotatable bonds is 7. The van der Waals surface area contributed by atoms with E-state index in [4.69, 9.17) is 0 Å². The first kappa shape index (κ1) is 11.9. The van der Waals surface area contributed by atoms with Crippen LogP contribution in [-0.2, 0) is 0 Å². The third kappa shape index (κ3) is 4.70. The number of hydrogen-bond acceptors (Lipinski definition) is 0. The summed E-state index contributed by atoms with van der Waals surface area (Å²) in [5.41, 5.74) is 1.62. The maximum Gasteiger partial charge on any atom is 0.270 e. The van der Waals surface area contributed by atoms with Crippen molar-refractivity contribution in [2.75, 3.05) is 0 Å². The molecule has 0 bridgehead atoms. The van der Waals surface area contributed by atoms with Crippen molar-refractivity contribution in [3.05, 3.63) is 12.3 Å². The number of unbranched alkanes of at least 4 members (excludes halogenated alkanes) is 2. The second kappa shape index (κ2) is 6.41. The first-order chi connectivity index (χ1) is 5.68. The highest BCUT2D eigenvalue weighted by molar-refractivity contribution is 6.78. The lowest BCUT2D eigenvalue weighted by molar-refractivity contribution is 0.717. The van der Waals surface area contributed by atoms with Crippen molar-refractivity contribution >= 4 is 8.41 Å². The van der Waals surface area contributed by atoms with Crippen LogP contribution in [0, 0.1) is 0 Å². The SMILES string of the molecule is C=C[Si](F)(CCCC)CCCC. The smallest absolute Gasteiger partial charge is 0.270 e. The summed E-state index contributed by atoms with van der Waals surface area (Å²) < 4.78 is 13.9. The van der Waals surface area contributed by atoms with Gasteiger partial charge in [0.1, 0.15) is 0 Å². The summed E-state index contributed by atoms with van der Waals surface area (Å²) in [5, 5.41) is 0. The molecule has 12 heavy (non-hydrogen) atoms. The molecular formula is C10H21FSi. The van der Waals surface area contributed by atoms with E-state index >= 15 is 0 Å². The first-order valence-electron chi connectivity index (χ1n) is 5.01. The van der Waals surface area contributed by atoms with Gasteiger partial charge in [0, 0.05) is 0 Å². The van der Waals surface area contributed by atoms with Gasteiger partial charge in [-0.25, -0.2) is 0 Å². The zero-order valence-electron chi connectivity index (χ0n) is 8.41. The molecule has 0 spiro atoms. The molecule has 0 amide bonds. The molecule has 0 aromatic heterocycles. The van der Waals surface area contributed by atoms with Gasteiger partial charge in [0.15, 0.2) is 0 Å². The van der Waals surface area contributed by atoms with Crippen LogP contribution in [0.25, 0.3) is 0 Å². The maximum absolute atomic E-state index is 13.9. The van der Waals surface area contributed by atoms with Gasteiger partial charge in [-0.15, -0.1) is 6.58 Å². The van der Waals surface area contributed by atoms with Crippen molar-refractivity contribution in [1.29, 1.82) is 0 Å². The molecule has 72 valence electrons. The van der Waals surface area contributed by atoms with Gasteiger partial charge in [0.25, 0.3) is 8.41 Å². The quantitative estimate of drug-likeness (QED) is 0.414. The van der Waals surface area contributed by atoms with Gasteiger partial charge < -0.3 is 4.11 Å². The van der Waals surface area contributed by atoms with Crippen LogP contribution in [0.15, 0.2) is 12.3 Å². The summed E-state index contributed by atoms with van der Waals surface area (Å²) in [6.45, 7) is 7.84. The summed E-state index contributed by atoms with van der Waals surface area (Å²) in [7, 11) is -2.50. The van der Waals surface area contributed by atoms with Crippen LogP contribution in [-0.4, -0.2) is 8.41 Å². The molecule has 0 saturated heterocycles. The van der Waals surface area contributed by atoms with E-state index < -0.39 is 8.41 Å². The monoisotopic (exact) mass is 188 g/mol. The molecule has 0 aliphatic rings. The molecule has 0 aromatic carbocycles. The molecule has 0 saturated carbocycles. The summed E-state index contributed by atoms with van der Waals surface area (Å²) in [5.74, 6) is 0. The minimum Gasteiger partial charge on any atom is -0.308 e. The lowest BCUT2D eigenvalue weighted by Crippen LogP contribution is -2.25. The van der Waals surface area contributed by atoms with Gasteiger partial charge in [-0.1, -0.05) is 45.2 Å². The van der Waals surface area contributed by atoms with E-state index in [0.717, 1.165) is 37.8 Å². The van der Waals surface area contributed by atoms with E-state index in [1.807, 2.05) is 0 Å². The average molecular weight is 188 g/mol. The average Bonchev–Trinajstić information content (AvgIpc) is 2.11. The van der Waals surface area contributed by atoms with Gasteiger partial charge in [0.2, 0.25) is 0 Å². The van der Waals surface area contributed by atoms with Crippen molar-refractivity contribution in [2.45, 2.75) is 51.6 Å². The van der Waals surface area contributed by atoms with Crippen LogP contribution < -0.4 is 0 Å².